The van der Waals surface area contributed by atoms with Crippen molar-refractivity contribution in [3.63, 3.8) is 0 Å². The average molecular weight is 653 g/mol. The van der Waals surface area contributed by atoms with Gasteiger partial charge in [-0.05, 0) is 79.2 Å². The van der Waals surface area contributed by atoms with Crippen molar-refractivity contribution in [3.05, 3.63) is 71.0 Å². The lowest BCUT2D eigenvalue weighted by atomic mass is 9.79. The van der Waals surface area contributed by atoms with Crippen LogP contribution in [0, 0.1) is 22.2 Å². The van der Waals surface area contributed by atoms with Gasteiger partial charge in [0.2, 0.25) is 11.9 Å². The van der Waals surface area contributed by atoms with Crippen molar-refractivity contribution in [1.29, 1.82) is 10.8 Å². The number of allylic oxidation sites excluding steroid dienone is 1. The van der Waals surface area contributed by atoms with E-state index in [1.807, 2.05) is 39.3 Å². The van der Waals surface area contributed by atoms with E-state index in [1.165, 1.54) is 49.0 Å². The number of amidine groups is 1. The maximum absolute atomic E-state index is 10.5. The van der Waals surface area contributed by atoms with Crippen LogP contribution < -0.4 is 16.0 Å². The maximum Gasteiger partial charge on any atom is 0.244 e. The zero-order valence-electron chi connectivity index (χ0n) is 28.2. The monoisotopic (exact) mass is 652 g/mol. The second-order valence-electron chi connectivity index (χ2n) is 13.0. The Balaban J connectivity index is 0.000000376. The van der Waals surface area contributed by atoms with Crippen LogP contribution in [-0.2, 0) is 8.98 Å². The molecular formula is C35H52N6O4S. The molecule has 252 valence electrons. The summed E-state index contributed by atoms with van der Waals surface area (Å²) in [5, 5.41) is 26.6. The molecule has 4 rings (SSSR count). The lowest BCUT2D eigenvalue weighted by molar-refractivity contribution is -0.115. The third-order valence-electron chi connectivity index (χ3n) is 8.30. The van der Waals surface area contributed by atoms with Crippen LogP contribution in [0.3, 0.4) is 0 Å². The van der Waals surface area contributed by atoms with Gasteiger partial charge in [0, 0.05) is 37.8 Å². The molecule has 0 spiro atoms. The zero-order valence-corrected chi connectivity index (χ0v) is 29.0. The first kappa shape index (κ1) is 36.9. The van der Waals surface area contributed by atoms with E-state index in [0.29, 0.717) is 29.0 Å². The highest BCUT2D eigenvalue weighted by atomic mass is 32.2. The first-order chi connectivity index (χ1) is 21.8. The Labute approximate surface area is 278 Å². The number of pyridine rings is 1. The Morgan fingerprint density at radius 2 is 1.80 bits per heavy atom. The maximum atomic E-state index is 10.5. The van der Waals surface area contributed by atoms with Gasteiger partial charge < -0.3 is 24.7 Å². The van der Waals surface area contributed by atoms with Gasteiger partial charge in [-0.1, -0.05) is 58.4 Å². The predicted octanol–water partition coefficient (Wildman–Crippen LogP) is 6.93. The minimum atomic E-state index is -0.379. The number of aliphatic imine (C=N–C) groups is 1. The molecule has 2 heterocycles. The van der Waals surface area contributed by atoms with E-state index >= 15 is 0 Å². The van der Waals surface area contributed by atoms with Crippen LogP contribution in [0.4, 0.5) is 0 Å². The minimum absolute atomic E-state index is 0.0145. The second kappa shape index (κ2) is 17.4. The number of hydrogen-bond donors (Lipinski definition) is 4. The van der Waals surface area contributed by atoms with Crippen molar-refractivity contribution in [3.8, 4) is 5.75 Å². The molecule has 1 aromatic heterocycles. The van der Waals surface area contributed by atoms with Crippen molar-refractivity contribution in [2.45, 2.75) is 85.2 Å². The molecule has 1 aromatic carbocycles. The van der Waals surface area contributed by atoms with E-state index in [9.17, 15) is 9.90 Å². The number of aliphatic hydroxyl groups is 1. The number of nitrogens with two attached hydrogens (primary N) is 1. The summed E-state index contributed by atoms with van der Waals surface area (Å²) in [6.07, 6.45) is 11.6. The van der Waals surface area contributed by atoms with Crippen LogP contribution >= 0.6 is 12.0 Å². The van der Waals surface area contributed by atoms with Gasteiger partial charge in [0.25, 0.3) is 0 Å². The summed E-state index contributed by atoms with van der Waals surface area (Å²) in [6, 6.07) is 12.3. The summed E-state index contributed by atoms with van der Waals surface area (Å²) in [6.45, 7) is 11.4. The number of nitrogens with one attached hydrogen (secondary N) is 2. The first-order valence-electron chi connectivity index (χ1n) is 16.1. The summed E-state index contributed by atoms with van der Waals surface area (Å²) in [4.78, 5) is 16.0. The van der Waals surface area contributed by atoms with E-state index in [0.717, 1.165) is 45.4 Å². The standard InChI is InChI=1S/C26H36N4O2S.C9H16N2O2/c1-3-6-20-9-11-24(23-8-5-4-7-22(20)23)32-21-10-12-25(27)30(17-21)26(28)29-15-13-19(14-16-29)18-31-33-2;1-6(12)11-8(10)5-7(13)9(2,3)4/h4-5,7-8,10,12,17,19-20,24,27-28H,3,6,9,11,13-16,18H2,1-2H3;5,13H,1-4H3,(H2,10,11,12)/b;7-5-/t20-,24+;/m0./s1. The van der Waals surface area contributed by atoms with Gasteiger partial charge in [-0.2, -0.15) is 4.99 Å². The van der Waals surface area contributed by atoms with Gasteiger partial charge in [-0.3, -0.25) is 20.2 Å². The number of nitrogens with zero attached hydrogens (tertiary/aromatic N) is 3. The molecule has 1 saturated heterocycles. The fraction of sp³-hybridized carbons (Fsp3) is 0.543. The van der Waals surface area contributed by atoms with Crippen LogP contribution in [-0.4, -0.2) is 58.2 Å². The SMILES string of the molecule is CC(=O)N=C(N)/C=C(\O)C(C)(C)C.CCC[C@H]1CC[C@@H](Oc2ccc(=N)n(C(=N)N3CCC(COSC)CC3)c2)c2ccccc21. The number of rotatable bonds is 8. The van der Waals surface area contributed by atoms with E-state index in [-0.39, 0.29) is 29.0 Å². The van der Waals surface area contributed by atoms with E-state index in [2.05, 4.69) is 41.1 Å². The van der Waals surface area contributed by atoms with Gasteiger partial charge in [0.1, 0.15) is 28.9 Å². The fourth-order valence-corrected chi connectivity index (χ4v) is 6.03. The van der Waals surface area contributed by atoms with E-state index in [1.54, 1.807) is 10.6 Å². The fourth-order valence-electron chi connectivity index (χ4n) is 5.70. The molecule has 1 amide bonds. The number of carbonyl (C=O) groups is 1. The predicted molar refractivity (Wildman–Crippen MR) is 186 cm³/mol. The van der Waals surface area contributed by atoms with E-state index < -0.39 is 0 Å². The lowest BCUT2D eigenvalue weighted by Gasteiger charge is -2.34. The van der Waals surface area contributed by atoms with Crippen molar-refractivity contribution in [1.82, 2.24) is 9.47 Å². The summed E-state index contributed by atoms with van der Waals surface area (Å²) >= 11 is 1.42. The Morgan fingerprint density at radius 3 is 2.41 bits per heavy atom. The number of carbonyl (C=O) groups excluding carboxylic acids is 1. The highest BCUT2D eigenvalue weighted by Crippen LogP contribution is 2.41. The summed E-state index contributed by atoms with van der Waals surface area (Å²) in [7, 11) is 0. The minimum Gasteiger partial charge on any atom is -0.512 e. The van der Waals surface area contributed by atoms with Crippen molar-refractivity contribution < 1.29 is 18.8 Å². The largest absolute Gasteiger partial charge is 0.512 e. The molecule has 1 fully saturated rings. The topological polar surface area (TPSA) is 150 Å². The Bertz CT molecular complexity index is 1440. The highest BCUT2D eigenvalue weighted by molar-refractivity contribution is 7.93. The zero-order chi connectivity index (χ0) is 33.9. The summed E-state index contributed by atoms with van der Waals surface area (Å²) in [5.41, 5.74) is 7.99. The molecule has 10 nitrogen and oxygen atoms in total. The van der Waals surface area contributed by atoms with Gasteiger partial charge in [-0.25, -0.2) is 0 Å². The van der Waals surface area contributed by atoms with Gasteiger partial charge >= 0.3 is 0 Å². The molecular weight excluding hydrogens is 600 g/mol. The number of hydrogen-bond acceptors (Lipinski definition) is 7. The number of aromatic nitrogens is 1. The highest BCUT2D eigenvalue weighted by Gasteiger charge is 2.28. The molecule has 5 N–H and O–H groups in total. The van der Waals surface area contributed by atoms with Crippen molar-refractivity contribution in [2.24, 2.45) is 22.1 Å². The number of likely N-dealkylation sites (tertiary alicyclic amines) is 1. The third kappa shape index (κ3) is 10.8. The molecule has 0 radical (unpaired) electrons. The molecule has 0 unspecified atom stereocenters. The number of aliphatic hydroxyl groups excluding tert-OH is 1. The van der Waals surface area contributed by atoms with Gasteiger partial charge in [0.15, 0.2) is 0 Å². The molecule has 11 heteroatoms. The number of fused-ring (bicyclic) bond motifs is 1. The second-order valence-corrected chi connectivity index (χ2v) is 13.5. The molecule has 2 aliphatic rings. The molecule has 2 aromatic rings. The molecule has 1 aliphatic carbocycles. The van der Waals surface area contributed by atoms with Crippen LogP contribution in [0.5, 0.6) is 5.75 Å². The molecule has 0 saturated carbocycles. The van der Waals surface area contributed by atoms with Crippen LogP contribution in [0.25, 0.3) is 0 Å². The molecule has 0 bridgehead atoms. The molecule has 46 heavy (non-hydrogen) atoms. The summed E-state index contributed by atoms with van der Waals surface area (Å²) < 4.78 is 13.6. The Morgan fingerprint density at radius 1 is 1.13 bits per heavy atom. The van der Waals surface area contributed by atoms with Gasteiger partial charge in [0.05, 0.1) is 12.8 Å². The molecule has 1 aliphatic heterocycles. The lowest BCUT2D eigenvalue weighted by Crippen LogP contribution is -2.44. The average Bonchev–Trinajstić information content (AvgIpc) is 3.01. The third-order valence-corrected chi connectivity index (χ3v) is 8.67. The van der Waals surface area contributed by atoms with Crippen molar-refractivity contribution >= 4 is 29.7 Å². The number of benzene rings is 1. The van der Waals surface area contributed by atoms with Gasteiger partial charge in [-0.15, -0.1) is 0 Å². The number of ether oxygens (including phenoxy) is 1. The van der Waals surface area contributed by atoms with Crippen LogP contribution in [0.2, 0.25) is 0 Å². The normalized spacial score (nSPS) is 19.1. The van der Waals surface area contributed by atoms with Crippen LogP contribution in [0.15, 0.2) is 59.4 Å². The number of amides is 1. The smallest absolute Gasteiger partial charge is 0.244 e. The number of piperidine rings is 1. The van der Waals surface area contributed by atoms with E-state index in [4.69, 9.17) is 25.5 Å². The Kier molecular flexibility index (Phi) is 13.9. The first-order valence-corrected chi connectivity index (χ1v) is 17.3. The summed E-state index contributed by atoms with van der Waals surface area (Å²) in [5.74, 6) is 1.98. The quantitative estimate of drug-likeness (QED) is 0.104. The van der Waals surface area contributed by atoms with Crippen molar-refractivity contribution in [2.75, 3.05) is 26.0 Å². The molecule has 2 atom stereocenters. The Hall–Kier alpha value is -3.57. The van der Waals surface area contributed by atoms with Crippen LogP contribution in [0.1, 0.15) is 96.3 Å².